The van der Waals surface area contributed by atoms with Gasteiger partial charge in [-0.05, 0) is 41.6 Å². The van der Waals surface area contributed by atoms with Gasteiger partial charge in [-0.15, -0.1) is 11.3 Å². The molecule has 0 radical (unpaired) electrons. The molecule has 1 unspecified atom stereocenters. The molecule has 0 saturated carbocycles. The van der Waals surface area contributed by atoms with Crippen molar-refractivity contribution in [3.05, 3.63) is 64.5 Å². The number of thiophene rings is 1. The number of aromatic nitrogens is 1. The minimum absolute atomic E-state index is 0.106. The van der Waals surface area contributed by atoms with E-state index in [2.05, 4.69) is 18.0 Å². The van der Waals surface area contributed by atoms with Crippen molar-refractivity contribution in [3.63, 3.8) is 0 Å². The van der Waals surface area contributed by atoms with Crippen LogP contribution in [0.5, 0.6) is 0 Å². The van der Waals surface area contributed by atoms with Crippen LogP contribution in [0.3, 0.4) is 0 Å². The van der Waals surface area contributed by atoms with Crippen molar-refractivity contribution < 1.29 is 4.39 Å². The van der Waals surface area contributed by atoms with Crippen molar-refractivity contribution in [1.29, 1.82) is 0 Å². The predicted octanol–water partition coefficient (Wildman–Crippen LogP) is 4.24. The lowest BCUT2D eigenvalue weighted by Gasteiger charge is -2.09. The van der Waals surface area contributed by atoms with Crippen molar-refractivity contribution in [2.75, 3.05) is 0 Å². The molecule has 2 N–H and O–H groups in total. The molecular formula is C17H17FN2S. The van der Waals surface area contributed by atoms with E-state index in [-0.39, 0.29) is 11.9 Å². The first kappa shape index (κ1) is 14.2. The Morgan fingerprint density at radius 3 is 2.81 bits per heavy atom. The molecule has 1 aromatic carbocycles. The van der Waals surface area contributed by atoms with Gasteiger partial charge < -0.3 is 5.73 Å². The Morgan fingerprint density at radius 1 is 1.24 bits per heavy atom. The Balaban J connectivity index is 1.80. The zero-order valence-electron chi connectivity index (χ0n) is 11.8. The van der Waals surface area contributed by atoms with Crippen molar-refractivity contribution in [2.45, 2.75) is 25.8 Å². The van der Waals surface area contributed by atoms with Crippen LogP contribution in [0.1, 0.15) is 29.1 Å². The van der Waals surface area contributed by atoms with E-state index < -0.39 is 0 Å². The summed E-state index contributed by atoms with van der Waals surface area (Å²) in [7, 11) is 0. The summed E-state index contributed by atoms with van der Waals surface area (Å²) in [6, 6.07) is 10.9. The van der Waals surface area contributed by atoms with Gasteiger partial charge >= 0.3 is 0 Å². The van der Waals surface area contributed by atoms with E-state index in [0.717, 1.165) is 27.1 Å². The molecule has 4 heteroatoms. The van der Waals surface area contributed by atoms with E-state index in [0.29, 0.717) is 6.42 Å². The number of nitrogens with zero attached hydrogens (tertiary/aromatic N) is 1. The first-order chi connectivity index (χ1) is 10.2. The second-order valence-electron chi connectivity index (χ2n) is 5.15. The van der Waals surface area contributed by atoms with Crippen molar-refractivity contribution in [2.24, 2.45) is 5.73 Å². The fourth-order valence-electron chi connectivity index (χ4n) is 2.32. The number of benzene rings is 1. The minimum Gasteiger partial charge on any atom is -0.323 e. The molecule has 1 atom stereocenters. The molecule has 21 heavy (non-hydrogen) atoms. The third-order valence-corrected chi connectivity index (χ3v) is 4.82. The van der Waals surface area contributed by atoms with E-state index in [4.69, 9.17) is 5.73 Å². The van der Waals surface area contributed by atoms with Gasteiger partial charge in [0, 0.05) is 33.9 Å². The van der Waals surface area contributed by atoms with E-state index in [1.807, 2.05) is 18.3 Å². The molecule has 3 aromatic rings. The molecule has 0 amide bonds. The first-order valence-electron chi connectivity index (χ1n) is 7.04. The second-order valence-corrected chi connectivity index (χ2v) is 6.27. The first-order valence-corrected chi connectivity index (χ1v) is 7.85. The van der Waals surface area contributed by atoms with Crippen molar-refractivity contribution >= 4 is 21.4 Å². The number of rotatable bonds is 4. The lowest BCUT2D eigenvalue weighted by atomic mass is 10.1. The van der Waals surface area contributed by atoms with Crippen molar-refractivity contribution in [3.8, 4) is 0 Å². The topological polar surface area (TPSA) is 38.9 Å². The zero-order valence-corrected chi connectivity index (χ0v) is 12.7. The highest BCUT2D eigenvalue weighted by atomic mass is 32.1. The van der Waals surface area contributed by atoms with Crippen molar-refractivity contribution in [1.82, 2.24) is 4.98 Å². The van der Waals surface area contributed by atoms with Crippen LogP contribution in [-0.4, -0.2) is 4.98 Å². The van der Waals surface area contributed by atoms with Crippen LogP contribution in [0, 0.1) is 5.82 Å². The maximum atomic E-state index is 13.2. The van der Waals surface area contributed by atoms with Gasteiger partial charge in [0.15, 0.2) is 0 Å². The average Bonchev–Trinajstić information content (AvgIpc) is 2.91. The van der Waals surface area contributed by atoms with Crippen LogP contribution in [0.4, 0.5) is 4.39 Å². The van der Waals surface area contributed by atoms with Crippen LogP contribution in [0.2, 0.25) is 0 Å². The van der Waals surface area contributed by atoms with E-state index in [1.54, 1.807) is 23.5 Å². The maximum absolute atomic E-state index is 13.2. The zero-order chi connectivity index (χ0) is 14.8. The highest BCUT2D eigenvalue weighted by molar-refractivity contribution is 7.19. The number of nitrogens with two attached hydrogens (primary N) is 1. The molecule has 3 rings (SSSR count). The molecule has 2 aromatic heterocycles. The molecule has 108 valence electrons. The van der Waals surface area contributed by atoms with Gasteiger partial charge in [-0.3, -0.25) is 4.98 Å². The number of hydrogen-bond donors (Lipinski definition) is 1. The summed E-state index contributed by atoms with van der Waals surface area (Å²) in [5, 5.41) is 1.04. The average molecular weight is 300 g/mol. The third-order valence-electron chi connectivity index (χ3n) is 3.59. The number of fused-ring (bicyclic) bond motifs is 1. The van der Waals surface area contributed by atoms with Gasteiger partial charge in [-0.1, -0.05) is 19.1 Å². The Labute approximate surface area is 127 Å². The SMILES string of the molecule is CCc1ccc(CC(N)c2cc3ccc(F)cc3s2)nc1. The smallest absolute Gasteiger partial charge is 0.124 e. The summed E-state index contributed by atoms with van der Waals surface area (Å²) in [5.41, 5.74) is 8.49. The van der Waals surface area contributed by atoms with Crippen LogP contribution >= 0.6 is 11.3 Å². The monoisotopic (exact) mass is 300 g/mol. The molecule has 0 aliphatic heterocycles. The molecule has 0 aliphatic rings. The summed E-state index contributed by atoms with van der Waals surface area (Å²) < 4.78 is 14.2. The van der Waals surface area contributed by atoms with Gasteiger partial charge in [0.2, 0.25) is 0 Å². The summed E-state index contributed by atoms with van der Waals surface area (Å²) in [6.45, 7) is 2.11. The molecular weight excluding hydrogens is 283 g/mol. The highest BCUT2D eigenvalue weighted by Crippen LogP contribution is 2.30. The predicted molar refractivity (Wildman–Crippen MR) is 86.0 cm³/mol. The summed E-state index contributed by atoms with van der Waals surface area (Å²) in [5.74, 6) is -0.207. The normalized spacial score (nSPS) is 12.7. The Bertz CT molecular complexity index is 749. The fraction of sp³-hybridized carbons (Fsp3) is 0.235. The van der Waals surface area contributed by atoms with Crippen LogP contribution < -0.4 is 5.73 Å². The van der Waals surface area contributed by atoms with Crippen LogP contribution in [0.25, 0.3) is 10.1 Å². The van der Waals surface area contributed by atoms with E-state index >= 15 is 0 Å². The van der Waals surface area contributed by atoms with Gasteiger partial charge in [0.25, 0.3) is 0 Å². The fourth-order valence-corrected chi connectivity index (χ4v) is 3.41. The van der Waals surface area contributed by atoms with Gasteiger partial charge in [-0.2, -0.15) is 0 Å². The molecule has 0 aliphatic carbocycles. The number of pyridine rings is 1. The maximum Gasteiger partial charge on any atom is 0.124 e. The summed E-state index contributed by atoms with van der Waals surface area (Å²) >= 11 is 1.55. The van der Waals surface area contributed by atoms with Gasteiger partial charge in [-0.25, -0.2) is 4.39 Å². The summed E-state index contributed by atoms with van der Waals surface area (Å²) in [6.07, 6.45) is 3.59. The van der Waals surface area contributed by atoms with Gasteiger partial charge in [0.1, 0.15) is 5.82 Å². The Morgan fingerprint density at radius 2 is 2.10 bits per heavy atom. The second kappa shape index (κ2) is 5.92. The molecule has 0 fully saturated rings. The largest absolute Gasteiger partial charge is 0.323 e. The third kappa shape index (κ3) is 3.12. The van der Waals surface area contributed by atoms with Crippen LogP contribution in [0.15, 0.2) is 42.6 Å². The number of halogens is 1. The lowest BCUT2D eigenvalue weighted by molar-refractivity contribution is 0.630. The lowest BCUT2D eigenvalue weighted by Crippen LogP contribution is -2.12. The van der Waals surface area contributed by atoms with E-state index in [9.17, 15) is 4.39 Å². The highest BCUT2D eigenvalue weighted by Gasteiger charge is 2.12. The quantitative estimate of drug-likeness (QED) is 0.782. The number of hydrogen-bond acceptors (Lipinski definition) is 3. The Kier molecular flexibility index (Phi) is 3.99. The molecule has 2 nitrogen and oxygen atoms in total. The number of aryl methyl sites for hydroxylation is 1. The van der Waals surface area contributed by atoms with E-state index in [1.165, 1.54) is 11.6 Å². The molecule has 0 spiro atoms. The minimum atomic E-state index is -0.207. The molecule has 0 saturated heterocycles. The van der Waals surface area contributed by atoms with Crippen LogP contribution in [-0.2, 0) is 12.8 Å². The van der Waals surface area contributed by atoms with Gasteiger partial charge in [0.05, 0.1) is 0 Å². The molecule has 0 bridgehead atoms. The Hall–Kier alpha value is -1.78. The molecule has 2 heterocycles. The summed E-state index contributed by atoms with van der Waals surface area (Å²) in [4.78, 5) is 5.51. The standard InChI is InChI=1S/C17H17FN2S/c1-2-11-3-6-14(20-10-11)9-15(19)17-7-12-4-5-13(18)8-16(12)21-17/h3-8,10,15H,2,9,19H2,1H3.